The number of hydrogen-bond acceptors (Lipinski definition) is 5. The van der Waals surface area contributed by atoms with Gasteiger partial charge in [0.2, 0.25) is 0 Å². The molecule has 6 nitrogen and oxygen atoms in total. The molecule has 0 atom stereocenters. The van der Waals surface area contributed by atoms with Crippen LogP contribution in [0.2, 0.25) is 0 Å². The van der Waals surface area contributed by atoms with E-state index in [-0.39, 0.29) is 37.6 Å². The number of piperazine rings is 1. The SMILES string of the molecule is O=S(=O)(O)/C=C/N1CCN(CCO)CC1.[H-].[Na+]. The smallest absolute Gasteiger partial charge is 1.00 e. The van der Waals surface area contributed by atoms with Crippen LogP contribution in [0, 0.1) is 0 Å². The predicted molar refractivity (Wildman–Crippen MR) is 56.9 cm³/mol. The standard InChI is InChI=1S/C8H16N2O4S.Na.H/c11-7-5-9-1-3-10(4-2-9)6-8-15(12,13)14;;/h6,8,11H,1-5,7H2,(H,12,13,14);;/q;+1;-1/b8-6+;;. The van der Waals surface area contributed by atoms with E-state index < -0.39 is 10.1 Å². The summed E-state index contributed by atoms with van der Waals surface area (Å²) in [7, 11) is -4.02. The van der Waals surface area contributed by atoms with Gasteiger partial charge in [-0.2, -0.15) is 8.42 Å². The van der Waals surface area contributed by atoms with E-state index in [2.05, 4.69) is 4.90 Å². The van der Waals surface area contributed by atoms with E-state index in [1.165, 1.54) is 6.20 Å². The third-order valence-electron chi connectivity index (χ3n) is 2.27. The molecular formula is C8H17N2NaO4S. The first-order chi connectivity index (χ1) is 7.01. The number of rotatable bonds is 4. The van der Waals surface area contributed by atoms with Crippen LogP contribution in [0.3, 0.4) is 0 Å². The molecule has 0 saturated carbocycles. The van der Waals surface area contributed by atoms with Gasteiger partial charge in [0, 0.05) is 38.9 Å². The van der Waals surface area contributed by atoms with Crippen LogP contribution in [-0.4, -0.2) is 67.2 Å². The molecule has 0 amide bonds. The molecule has 1 saturated heterocycles. The zero-order valence-electron chi connectivity index (χ0n) is 10.4. The summed E-state index contributed by atoms with van der Waals surface area (Å²) in [6.45, 7) is 3.77. The number of β-amino-alcohol motifs (C(OH)–C–C–N with tert-alkyl or cyclic N) is 1. The second-order valence-corrected chi connectivity index (χ2v) is 4.70. The minimum atomic E-state index is -4.02. The van der Waals surface area contributed by atoms with Crippen molar-refractivity contribution in [3.63, 3.8) is 0 Å². The first-order valence-corrected chi connectivity index (χ1v) is 6.24. The summed E-state index contributed by atoms with van der Waals surface area (Å²) in [5.74, 6) is 0. The number of aliphatic hydroxyl groups is 1. The molecule has 0 bridgehead atoms. The molecule has 16 heavy (non-hydrogen) atoms. The summed E-state index contributed by atoms with van der Waals surface area (Å²) in [6.07, 6.45) is 1.38. The van der Waals surface area contributed by atoms with Gasteiger partial charge in [0.05, 0.1) is 12.0 Å². The summed E-state index contributed by atoms with van der Waals surface area (Å²) in [4.78, 5) is 3.92. The molecule has 0 aromatic heterocycles. The predicted octanol–water partition coefficient (Wildman–Crippen LogP) is -3.93. The van der Waals surface area contributed by atoms with Crippen LogP contribution < -0.4 is 29.6 Å². The minimum Gasteiger partial charge on any atom is -1.00 e. The van der Waals surface area contributed by atoms with E-state index in [4.69, 9.17) is 9.66 Å². The Balaban J connectivity index is 0. The van der Waals surface area contributed by atoms with Crippen molar-refractivity contribution in [2.75, 3.05) is 39.3 Å². The van der Waals surface area contributed by atoms with Gasteiger partial charge in [0.1, 0.15) is 0 Å². The molecule has 1 aliphatic heterocycles. The number of hydrogen-bond donors (Lipinski definition) is 2. The van der Waals surface area contributed by atoms with Crippen molar-refractivity contribution in [2.45, 2.75) is 0 Å². The fourth-order valence-electron chi connectivity index (χ4n) is 1.44. The van der Waals surface area contributed by atoms with Gasteiger partial charge in [-0.15, -0.1) is 0 Å². The monoisotopic (exact) mass is 260 g/mol. The van der Waals surface area contributed by atoms with Gasteiger partial charge >= 0.3 is 29.6 Å². The molecule has 2 N–H and O–H groups in total. The number of nitrogens with zero attached hydrogens (tertiary/aromatic N) is 2. The fraction of sp³-hybridized carbons (Fsp3) is 0.750. The Morgan fingerprint density at radius 2 is 1.81 bits per heavy atom. The molecule has 90 valence electrons. The van der Waals surface area contributed by atoms with Gasteiger partial charge in [-0.25, -0.2) is 0 Å². The molecule has 0 aliphatic carbocycles. The first kappa shape index (κ1) is 16.4. The van der Waals surface area contributed by atoms with E-state index in [0.717, 1.165) is 18.5 Å². The topological polar surface area (TPSA) is 81.1 Å². The molecule has 1 heterocycles. The maximum atomic E-state index is 10.4. The van der Waals surface area contributed by atoms with Crippen LogP contribution >= 0.6 is 0 Å². The second kappa shape index (κ2) is 7.65. The maximum absolute atomic E-state index is 10.4. The Kier molecular flexibility index (Phi) is 7.83. The van der Waals surface area contributed by atoms with Gasteiger partial charge in [-0.3, -0.25) is 9.45 Å². The molecule has 1 rings (SSSR count). The van der Waals surface area contributed by atoms with Crippen LogP contribution in [0.1, 0.15) is 1.43 Å². The zero-order valence-corrected chi connectivity index (χ0v) is 12.2. The van der Waals surface area contributed by atoms with E-state index in [1.807, 2.05) is 4.90 Å². The van der Waals surface area contributed by atoms with Gasteiger partial charge in [-0.05, 0) is 0 Å². The van der Waals surface area contributed by atoms with Crippen molar-refractivity contribution < 1.29 is 49.1 Å². The summed E-state index contributed by atoms with van der Waals surface area (Å²) in [6, 6.07) is 0. The van der Waals surface area contributed by atoms with Gasteiger partial charge in [-0.1, -0.05) is 0 Å². The quantitative estimate of drug-likeness (QED) is 0.397. The third kappa shape index (κ3) is 6.85. The van der Waals surface area contributed by atoms with E-state index in [1.54, 1.807) is 0 Å². The van der Waals surface area contributed by atoms with Gasteiger partial charge in [0.25, 0.3) is 10.1 Å². The molecule has 0 unspecified atom stereocenters. The van der Waals surface area contributed by atoms with Crippen molar-refractivity contribution in [3.8, 4) is 0 Å². The Morgan fingerprint density at radius 3 is 2.25 bits per heavy atom. The summed E-state index contributed by atoms with van der Waals surface area (Å²) < 4.78 is 29.4. The molecular weight excluding hydrogens is 243 g/mol. The Labute approximate surface area is 119 Å². The van der Waals surface area contributed by atoms with Crippen LogP contribution in [0.25, 0.3) is 0 Å². The fourth-order valence-corrected chi connectivity index (χ4v) is 1.77. The van der Waals surface area contributed by atoms with Crippen molar-refractivity contribution in [2.24, 2.45) is 0 Å². The Bertz CT molecular complexity index is 317. The average Bonchev–Trinajstić information content (AvgIpc) is 2.16. The molecule has 0 aromatic rings. The van der Waals surface area contributed by atoms with E-state index in [9.17, 15) is 8.42 Å². The molecule has 8 heteroatoms. The third-order valence-corrected chi connectivity index (χ3v) is 2.73. The number of aliphatic hydroxyl groups excluding tert-OH is 1. The van der Waals surface area contributed by atoms with Crippen LogP contribution in [0.15, 0.2) is 11.6 Å². The van der Waals surface area contributed by atoms with Gasteiger partial charge in [0.15, 0.2) is 0 Å². The summed E-state index contributed by atoms with van der Waals surface area (Å²) in [5, 5.41) is 9.50. The molecule has 1 aliphatic rings. The molecule has 0 aromatic carbocycles. The van der Waals surface area contributed by atoms with Crippen LogP contribution in [0.4, 0.5) is 0 Å². The van der Waals surface area contributed by atoms with Crippen LogP contribution in [0.5, 0.6) is 0 Å². The summed E-state index contributed by atoms with van der Waals surface area (Å²) in [5.41, 5.74) is 0. The van der Waals surface area contributed by atoms with Crippen molar-refractivity contribution in [3.05, 3.63) is 11.6 Å². The normalized spacial score (nSPS) is 18.8. The van der Waals surface area contributed by atoms with Crippen molar-refractivity contribution >= 4 is 10.1 Å². The van der Waals surface area contributed by atoms with Gasteiger partial charge < -0.3 is 11.4 Å². The summed E-state index contributed by atoms with van der Waals surface area (Å²) >= 11 is 0. The average molecular weight is 260 g/mol. The maximum Gasteiger partial charge on any atom is 1.00 e. The van der Waals surface area contributed by atoms with E-state index in [0.29, 0.717) is 19.6 Å². The Morgan fingerprint density at radius 1 is 1.25 bits per heavy atom. The first-order valence-electron chi connectivity index (χ1n) is 4.74. The Hall–Kier alpha value is 0.370. The molecule has 0 spiro atoms. The van der Waals surface area contributed by atoms with Crippen LogP contribution in [-0.2, 0) is 10.1 Å². The zero-order chi connectivity index (χ0) is 11.3. The minimum absolute atomic E-state index is 0. The van der Waals surface area contributed by atoms with E-state index >= 15 is 0 Å². The van der Waals surface area contributed by atoms with Crippen molar-refractivity contribution in [1.29, 1.82) is 0 Å². The molecule has 1 fully saturated rings. The molecule has 0 radical (unpaired) electrons. The largest absolute Gasteiger partial charge is 1.00 e. The second-order valence-electron chi connectivity index (χ2n) is 3.40. The van der Waals surface area contributed by atoms with Crippen molar-refractivity contribution in [1.82, 2.24) is 9.80 Å².